The van der Waals surface area contributed by atoms with Crippen LogP contribution < -0.4 is 14.8 Å². The van der Waals surface area contributed by atoms with Crippen LogP contribution in [0.5, 0.6) is 11.5 Å². The molecule has 1 N–H and O–H groups in total. The molecule has 32 heavy (non-hydrogen) atoms. The summed E-state index contributed by atoms with van der Waals surface area (Å²) < 4.78 is 16.9. The van der Waals surface area contributed by atoms with E-state index in [1.807, 2.05) is 18.2 Å². The van der Waals surface area contributed by atoms with Gasteiger partial charge in [0.1, 0.15) is 6.26 Å². The molecule has 2 fully saturated rings. The highest BCUT2D eigenvalue weighted by Crippen LogP contribution is 2.35. The van der Waals surface area contributed by atoms with Crippen molar-refractivity contribution in [3.63, 3.8) is 0 Å². The molecule has 2 aliphatic rings. The van der Waals surface area contributed by atoms with Gasteiger partial charge in [-0.25, -0.2) is 4.99 Å². The first-order valence-electron chi connectivity index (χ1n) is 11.7. The van der Waals surface area contributed by atoms with Gasteiger partial charge < -0.3 is 24.2 Å². The fraction of sp³-hybridized carbons (Fsp3) is 0.583. The molecular formula is C24H35N5O3. The van der Waals surface area contributed by atoms with Crippen LogP contribution in [0.4, 0.5) is 0 Å². The lowest BCUT2D eigenvalue weighted by atomic mass is 10.1. The number of ether oxygens (including phenoxy) is 2. The fourth-order valence-corrected chi connectivity index (χ4v) is 4.41. The molecule has 1 aromatic carbocycles. The number of hydrogen-bond donors (Lipinski definition) is 1. The van der Waals surface area contributed by atoms with E-state index >= 15 is 0 Å². The maximum Gasteiger partial charge on any atom is 0.194 e. The van der Waals surface area contributed by atoms with E-state index in [0.29, 0.717) is 6.54 Å². The van der Waals surface area contributed by atoms with Gasteiger partial charge in [0.05, 0.1) is 25.5 Å². The highest BCUT2D eigenvalue weighted by Gasteiger charge is 2.22. The highest BCUT2D eigenvalue weighted by molar-refractivity contribution is 5.80. The monoisotopic (exact) mass is 441 g/mol. The predicted molar refractivity (Wildman–Crippen MR) is 124 cm³/mol. The van der Waals surface area contributed by atoms with Crippen LogP contribution in [0, 0.1) is 0 Å². The lowest BCUT2D eigenvalue weighted by Crippen LogP contribution is -2.52. The highest BCUT2D eigenvalue weighted by atomic mass is 16.5. The van der Waals surface area contributed by atoms with Crippen LogP contribution >= 0.6 is 0 Å². The quantitative estimate of drug-likeness (QED) is 0.498. The minimum Gasteiger partial charge on any atom is -0.493 e. The molecule has 0 atom stereocenters. The summed E-state index contributed by atoms with van der Waals surface area (Å²) in [5, 5.41) is 7.49. The topological polar surface area (TPSA) is 75.4 Å². The number of aliphatic imine (C=N–C) groups is 1. The summed E-state index contributed by atoms with van der Waals surface area (Å²) in [4.78, 5) is 9.70. The number of piperazine rings is 1. The fourth-order valence-electron chi connectivity index (χ4n) is 4.41. The summed E-state index contributed by atoms with van der Waals surface area (Å²) in [5.41, 5.74) is 2.04. The van der Waals surface area contributed by atoms with Crippen LogP contribution in [0.15, 0.2) is 40.0 Å². The number of rotatable bonds is 8. The van der Waals surface area contributed by atoms with Crippen LogP contribution in [0.3, 0.4) is 0 Å². The van der Waals surface area contributed by atoms with Gasteiger partial charge in [0.25, 0.3) is 0 Å². The van der Waals surface area contributed by atoms with Crippen molar-refractivity contribution in [1.82, 2.24) is 20.3 Å². The third-order valence-corrected chi connectivity index (χ3v) is 6.15. The summed E-state index contributed by atoms with van der Waals surface area (Å²) >= 11 is 0. The van der Waals surface area contributed by atoms with Crippen molar-refractivity contribution < 1.29 is 14.0 Å². The van der Waals surface area contributed by atoms with Crippen molar-refractivity contribution >= 4 is 5.96 Å². The second-order valence-electron chi connectivity index (χ2n) is 8.40. The number of benzene rings is 1. The molecule has 1 aromatic heterocycles. The van der Waals surface area contributed by atoms with E-state index in [1.165, 1.54) is 12.8 Å². The zero-order valence-electron chi connectivity index (χ0n) is 19.3. The van der Waals surface area contributed by atoms with Crippen LogP contribution in [-0.4, -0.2) is 66.9 Å². The van der Waals surface area contributed by atoms with E-state index in [1.54, 1.807) is 13.4 Å². The Labute approximate surface area is 190 Å². The van der Waals surface area contributed by atoms with Gasteiger partial charge in [-0.3, -0.25) is 4.90 Å². The molecule has 8 heteroatoms. The molecule has 0 amide bonds. The van der Waals surface area contributed by atoms with Crippen LogP contribution in [0.25, 0.3) is 0 Å². The Morgan fingerprint density at radius 1 is 1.19 bits per heavy atom. The number of para-hydroxylation sites is 1. The summed E-state index contributed by atoms with van der Waals surface area (Å²) in [5.74, 6) is 2.58. The molecule has 2 heterocycles. The van der Waals surface area contributed by atoms with Crippen molar-refractivity contribution in [2.24, 2.45) is 4.99 Å². The SMILES string of the molecule is CCNC(=NCc1cccc(OC)c1OC1CCCC1)N1CCN(Cc2ccon2)CC1. The van der Waals surface area contributed by atoms with Crippen molar-refractivity contribution in [2.75, 3.05) is 39.8 Å². The molecule has 8 nitrogen and oxygen atoms in total. The first kappa shape index (κ1) is 22.5. The average Bonchev–Trinajstić information content (AvgIpc) is 3.52. The summed E-state index contributed by atoms with van der Waals surface area (Å²) in [6.45, 7) is 8.10. The zero-order chi connectivity index (χ0) is 22.2. The van der Waals surface area contributed by atoms with Gasteiger partial charge in [0, 0.05) is 50.9 Å². The predicted octanol–water partition coefficient (Wildman–Crippen LogP) is 3.29. The Hall–Kier alpha value is -2.74. The molecule has 4 rings (SSSR count). The van der Waals surface area contributed by atoms with E-state index in [0.717, 1.165) is 80.8 Å². The van der Waals surface area contributed by atoms with Gasteiger partial charge >= 0.3 is 0 Å². The zero-order valence-corrected chi connectivity index (χ0v) is 19.3. The van der Waals surface area contributed by atoms with Gasteiger partial charge in [0.2, 0.25) is 0 Å². The second kappa shape index (κ2) is 11.2. The second-order valence-corrected chi connectivity index (χ2v) is 8.40. The first-order valence-corrected chi connectivity index (χ1v) is 11.7. The maximum absolute atomic E-state index is 6.38. The summed E-state index contributed by atoms with van der Waals surface area (Å²) in [6, 6.07) is 8.00. The standard InChI is InChI=1S/C24H35N5O3/c1-3-25-24(29-14-12-28(13-15-29)18-20-11-16-31-27-20)26-17-19-7-6-10-22(30-2)23(19)32-21-8-4-5-9-21/h6-7,10-11,16,21H,3-5,8-9,12-15,17-18H2,1-2H3,(H,25,26). The van der Waals surface area contributed by atoms with Gasteiger partial charge in [-0.15, -0.1) is 0 Å². The largest absolute Gasteiger partial charge is 0.493 e. The number of nitrogens with zero attached hydrogens (tertiary/aromatic N) is 4. The van der Waals surface area contributed by atoms with Crippen LogP contribution in [0.2, 0.25) is 0 Å². The minimum absolute atomic E-state index is 0.278. The molecule has 0 radical (unpaired) electrons. The number of guanidine groups is 1. The van der Waals surface area contributed by atoms with Gasteiger partial charge in [-0.2, -0.15) is 0 Å². The van der Waals surface area contributed by atoms with Crippen molar-refractivity contribution in [3.05, 3.63) is 41.8 Å². The normalized spacial score (nSPS) is 18.2. The third kappa shape index (κ3) is 5.73. The minimum atomic E-state index is 0.278. The number of nitrogens with one attached hydrogen (secondary N) is 1. The lowest BCUT2D eigenvalue weighted by Gasteiger charge is -2.36. The molecule has 0 bridgehead atoms. The molecular weight excluding hydrogens is 406 g/mol. The van der Waals surface area contributed by atoms with E-state index in [9.17, 15) is 0 Å². The first-order chi connectivity index (χ1) is 15.8. The Morgan fingerprint density at radius 3 is 2.69 bits per heavy atom. The Kier molecular flexibility index (Phi) is 7.87. The van der Waals surface area contributed by atoms with E-state index in [4.69, 9.17) is 19.0 Å². The molecule has 1 saturated carbocycles. The summed E-state index contributed by atoms with van der Waals surface area (Å²) in [6.07, 6.45) is 6.61. The van der Waals surface area contributed by atoms with Gasteiger partial charge in [-0.05, 0) is 38.7 Å². The van der Waals surface area contributed by atoms with Crippen molar-refractivity contribution in [1.29, 1.82) is 0 Å². The van der Waals surface area contributed by atoms with E-state index < -0.39 is 0 Å². The van der Waals surface area contributed by atoms with Crippen LogP contribution in [-0.2, 0) is 13.1 Å². The average molecular weight is 442 g/mol. The number of methoxy groups -OCH3 is 1. The van der Waals surface area contributed by atoms with Crippen LogP contribution in [0.1, 0.15) is 43.9 Å². The smallest absolute Gasteiger partial charge is 0.194 e. The molecule has 1 aliphatic carbocycles. The van der Waals surface area contributed by atoms with E-state index in [-0.39, 0.29) is 6.10 Å². The molecule has 174 valence electrons. The molecule has 0 unspecified atom stereocenters. The van der Waals surface area contributed by atoms with Gasteiger partial charge in [-0.1, -0.05) is 17.3 Å². The van der Waals surface area contributed by atoms with Crippen molar-refractivity contribution in [2.45, 2.75) is 51.8 Å². The molecule has 1 saturated heterocycles. The van der Waals surface area contributed by atoms with Gasteiger partial charge in [0.15, 0.2) is 17.5 Å². The summed E-state index contributed by atoms with van der Waals surface area (Å²) in [7, 11) is 1.70. The Balaban J connectivity index is 1.42. The maximum atomic E-state index is 6.38. The lowest BCUT2D eigenvalue weighted by molar-refractivity contribution is 0.169. The number of hydrogen-bond acceptors (Lipinski definition) is 6. The van der Waals surface area contributed by atoms with E-state index in [2.05, 4.69) is 33.3 Å². The molecule has 1 aliphatic heterocycles. The Bertz CT molecular complexity index is 857. The van der Waals surface area contributed by atoms with Crippen molar-refractivity contribution in [3.8, 4) is 11.5 Å². The Morgan fingerprint density at radius 2 is 2.00 bits per heavy atom. The third-order valence-electron chi connectivity index (χ3n) is 6.15. The molecule has 0 spiro atoms. The number of aromatic nitrogens is 1. The molecule has 2 aromatic rings.